The number of aromatic hydroxyl groups is 1. The maximum absolute atomic E-state index is 12.3. The molecule has 7 nitrogen and oxygen atoms in total. The van der Waals surface area contributed by atoms with Gasteiger partial charge in [-0.3, -0.25) is 19.4 Å². The minimum Gasteiger partial charge on any atom is -0.494 e. The second-order valence-corrected chi connectivity index (χ2v) is 4.94. The van der Waals surface area contributed by atoms with E-state index in [4.69, 9.17) is 4.74 Å². The number of likely N-dealkylation sites (tertiary alicyclic amines) is 1. The lowest BCUT2D eigenvalue weighted by Gasteiger charge is -2.30. The van der Waals surface area contributed by atoms with E-state index in [1.165, 1.54) is 6.07 Å². The Labute approximate surface area is 121 Å². The number of aromatic amines is 1. The van der Waals surface area contributed by atoms with Crippen LogP contribution in [0, 0.1) is 5.92 Å². The molecule has 0 bridgehead atoms. The van der Waals surface area contributed by atoms with E-state index in [1.54, 1.807) is 11.8 Å². The van der Waals surface area contributed by atoms with E-state index >= 15 is 0 Å². The lowest BCUT2D eigenvalue weighted by Crippen LogP contribution is -2.40. The van der Waals surface area contributed by atoms with Crippen LogP contribution in [0.1, 0.15) is 30.1 Å². The van der Waals surface area contributed by atoms with Crippen LogP contribution in [0.3, 0.4) is 0 Å². The van der Waals surface area contributed by atoms with Crippen LogP contribution in [0.25, 0.3) is 0 Å². The fourth-order valence-electron chi connectivity index (χ4n) is 2.41. The zero-order valence-corrected chi connectivity index (χ0v) is 11.8. The third-order valence-corrected chi connectivity index (χ3v) is 3.48. The van der Waals surface area contributed by atoms with Crippen molar-refractivity contribution in [2.45, 2.75) is 19.8 Å². The number of nitrogens with one attached hydrogen (secondary N) is 1. The van der Waals surface area contributed by atoms with Gasteiger partial charge in [0.1, 0.15) is 0 Å². The van der Waals surface area contributed by atoms with Gasteiger partial charge in [0, 0.05) is 25.2 Å². The van der Waals surface area contributed by atoms with E-state index in [0.29, 0.717) is 32.5 Å². The third-order valence-electron chi connectivity index (χ3n) is 3.48. The number of amides is 1. The quantitative estimate of drug-likeness (QED) is 0.791. The number of hydrogen-bond donors (Lipinski definition) is 2. The molecule has 2 rings (SSSR count). The van der Waals surface area contributed by atoms with Crippen molar-refractivity contribution >= 4 is 11.9 Å². The van der Waals surface area contributed by atoms with Crippen molar-refractivity contribution in [3.63, 3.8) is 0 Å². The summed E-state index contributed by atoms with van der Waals surface area (Å²) in [5.41, 5.74) is -0.384. The summed E-state index contributed by atoms with van der Waals surface area (Å²) in [5, 5.41) is 9.33. The topological polar surface area (TPSA) is 99.7 Å². The molecule has 1 fully saturated rings. The molecule has 1 saturated heterocycles. The van der Waals surface area contributed by atoms with Crippen LogP contribution in [-0.2, 0) is 9.53 Å². The fourth-order valence-corrected chi connectivity index (χ4v) is 2.41. The van der Waals surface area contributed by atoms with E-state index in [9.17, 15) is 19.5 Å². The molecule has 1 aliphatic rings. The van der Waals surface area contributed by atoms with Crippen molar-refractivity contribution in [1.29, 1.82) is 0 Å². The number of rotatable bonds is 3. The number of esters is 1. The first-order valence-corrected chi connectivity index (χ1v) is 6.90. The normalized spacial score (nSPS) is 15.8. The number of pyridine rings is 1. The minimum absolute atomic E-state index is 0.144. The molecule has 7 heteroatoms. The predicted molar refractivity (Wildman–Crippen MR) is 74.0 cm³/mol. The highest BCUT2D eigenvalue weighted by Crippen LogP contribution is 2.20. The summed E-state index contributed by atoms with van der Waals surface area (Å²) in [4.78, 5) is 38.9. The van der Waals surface area contributed by atoms with Crippen molar-refractivity contribution < 1.29 is 19.4 Å². The molecule has 21 heavy (non-hydrogen) atoms. The lowest BCUT2D eigenvalue weighted by atomic mass is 9.96. The Bertz CT molecular complexity index is 587. The molecule has 0 radical (unpaired) electrons. The van der Waals surface area contributed by atoms with Gasteiger partial charge in [0.2, 0.25) is 0 Å². The second-order valence-electron chi connectivity index (χ2n) is 4.94. The Kier molecular flexibility index (Phi) is 4.62. The molecule has 0 aromatic carbocycles. The zero-order valence-electron chi connectivity index (χ0n) is 11.8. The highest BCUT2D eigenvalue weighted by molar-refractivity contribution is 5.94. The van der Waals surface area contributed by atoms with E-state index in [0.717, 1.165) is 6.07 Å². The van der Waals surface area contributed by atoms with Crippen molar-refractivity contribution in [3.05, 3.63) is 28.0 Å². The summed E-state index contributed by atoms with van der Waals surface area (Å²) in [6.07, 6.45) is 1.08. The van der Waals surface area contributed by atoms with Crippen LogP contribution in [0.5, 0.6) is 5.88 Å². The molecule has 2 heterocycles. The van der Waals surface area contributed by atoms with Gasteiger partial charge in [-0.2, -0.15) is 0 Å². The summed E-state index contributed by atoms with van der Waals surface area (Å²) in [6.45, 7) is 2.96. The lowest BCUT2D eigenvalue weighted by molar-refractivity contribution is -0.149. The van der Waals surface area contributed by atoms with Crippen LogP contribution in [0.2, 0.25) is 0 Å². The summed E-state index contributed by atoms with van der Waals surface area (Å²) >= 11 is 0. The summed E-state index contributed by atoms with van der Waals surface area (Å²) in [5.74, 6) is -1.06. The van der Waals surface area contributed by atoms with E-state index in [1.807, 2.05) is 0 Å². The van der Waals surface area contributed by atoms with Gasteiger partial charge < -0.3 is 14.7 Å². The first-order valence-electron chi connectivity index (χ1n) is 6.90. The van der Waals surface area contributed by atoms with Gasteiger partial charge in [0.05, 0.1) is 18.1 Å². The number of piperidine rings is 1. The first kappa shape index (κ1) is 15.1. The molecule has 1 aromatic rings. The molecule has 0 saturated carbocycles. The summed E-state index contributed by atoms with van der Waals surface area (Å²) in [7, 11) is 0. The van der Waals surface area contributed by atoms with E-state index in [2.05, 4.69) is 4.98 Å². The van der Waals surface area contributed by atoms with Gasteiger partial charge in [0.15, 0.2) is 5.88 Å². The first-order chi connectivity index (χ1) is 10.0. The Balaban J connectivity index is 2.00. The summed E-state index contributed by atoms with van der Waals surface area (Å²) < 4.78 is 4.97. The molecule has 0 aliphatic carbocycles. The highest BCUT2D eigenvalue weighted by atomic mass is 16.5. The van der Waals surface area contributed by atoms with Crippen LogP contribution in [-0.4, -0.2) is 46.6 Å². The van der Waals surface area contributed by atoms with Crippen molar-refractivity contribution in [1.82, 2.24) is 9.88 Å². The zero-order chi connectivity index (χ0) is 15.4. The third kappa shape index (κ3) is 3.62. The van der Waals surface area contributed by atoms with Gasteiger partial charge in [0.25, 0.3) is 11.5 Å². The molecular weight excluding hydrogens is 276 g/mol. The minimum atomic E-state index is -0.528. The molecule has 0 atom stereocenters. The van der Waals surface area contributed by atoms with Gasteiger partial charge >= 0.3 is 5.97 Å². The Morgan fingerprint density at radius 3 is 2.62 bits per heavy atom. The second kappa shape index (κ2) is 6.43. The average Bonchev–Trinajstić information content (AvgIpc) is 2.46. The number of carbonyl (C=O) groups excluding carboxylic acids is 2. The SMILES string of the molecule is CCOC(=O)C1CCN(C(=O)c2cc(O)[nH]c(=O)c2)CC1. The van der Waals surface area contributed by atoms with Crippen LogP contribution in [0.4, 0.5) is 0 Å². The van der Waals surface area contributed by atoms with Crippen LogP contribution >= 0.6 is 0 Å². The largest absolute Gasteiger partial charge is 0.494 e. The monoisotopic (exact) mass is 294 g/mol. The molecule has 114 valence electrons. The molecule has 2 N–H and O–H groups in total. The number of hydrogen-bond acceptors (Lipinski definition) is 5. The standard InChI is InChI=1S/C14H18N2O5/c1-2-21-14(20)9-3-5-16(6-4-9)13(19)10-7-11(17)15-12(18)8-10/h7-9H,2-6H2,1H3,(H2,15,17,18). The van der Waals surface area contributed by atoms with Gasteiger partial charge in [-0.1, -0.05) is 0 Å². The molecule has 1 amide bonds. The van der Waals surface area contributed by atoms with Crippen molar-refractivity contribution in [3.8, 4) is 5.88 Å². The summed E-state index contributed by atoms with van der Waals surface area (Å²) in [6, 6.07) is 2.38. The predicted octanol–water partition coefficient (Wildman–Crippen LogP) is 0.496. The molecule has 1 aliphatic heterocycles. The Morgan fingerprint density at radius 2 is 2.05 bits per heavy atom. The Morgan fingerprint density at radius 1 is 1.38 bits per heavy atom. The number of ether oxygens (including phenoxy) is 1. The highest BCUT2D eigenvalue weighted by Gasteiger charge is 2.28. The van der Waals surface area contributed by atoms with Crippen molar-refractivity contribution in [2.75, 3.05) is 19.7 Å². The van der Waals surface area contributed by atoms with Gasteiger partial charge in [-0.25, -0.2) is 0 Å². The van der Waals surface area contributed by atoms with Gasteiger partial charge in [-0.15, -0.1) is 0 Å². The van der Waals surface area contributed by atoms with Crippen molar-refractivity contribution in [2.24, 2.45) is 5.92 Å². The van der Waals surface area contributed by atoms with Crippen LogP contribution < -0.4 is 5.56 Å². The smallest absolute Gasteiger partial charge is 0.309 e. The maximum Gasteiger partial charge on any atom is 0.309 e. The van der Waals surface area contributed by atoms with E-state index < -0.39 is 5.56 Å². The number of aromatic nitrogens is 1. The molecule has 1 aromatic heterocycles. The number of H-pyrrole nitrogens is 1. The van der Waals surface area contributed by atoms with Crippen LogP contribution in [0.15, 0.2) is 16.9 Å². The Hall–Kier alpha value is -2.31. The molecule has 0 unspecified atom stereocenters. The number of nitrogens with zero attached hydrogens (tertiary/aromatic N) is 1. The molecule has 0 spiro atoms. The number of carbonyl (C=O) groups is 2. The average molecular weight is 294 g/mol. The maximum atomic E-state index is 12.3. The van der Waals surface area contributed by atoms with E-state index in [-0.39, 0.29) is 29.2 Å². The molecular formula is C14H18N2O5. The fraction of sp³-hybridized carbons (Fsp3) is 0.500. The van der Waals surface area contributed by atoms with Gasteiger partial charge in [-0.05, 0) is 19.8 Å².